The molecule has 7 heteroatoms. The number of H-pyrrole nitrogens is 1. The number of carbonyl (C=O) groups excluding carboxylic acids is 1. The normalized spacial score (nSPS) is 22.5. The maximum absolute atomic E-state index is 12.4. The largest absolute Gasteiger partial charge is 0.481 e. The minimum atomic E-state index is -0.939. The second kappa shape index (κ2) is 4.53. The molecule has 1 fully saturated rings. The molecule has 2 heterocycles. The maximum atomic E-state index is 12.4. The van der Waals surface area contributed by atoms with Crippen LogP contribution in [-0.2, 0) is 9.59 Å². The highest BCUT2D eigenvalue weighted by Gasteiger charge is 2.66. The molecule has 1 saturated carbocycles. The fourth-order valence-corrected chi connectivity index (χ4v) is 3.25. The van der Waals surface area contributed by atoms with Crippen molar-refractivity contribution in [1.29, 1.82) is 0 Å². The zero-order chi connectivity index (χ0) is 16.2. The molecule has 1 aliphatic carbocycles. The highest BCUT2D eigenvalue weighted by Crippen LogP contribution is 2.58. The molecule has 0 spiro atoms. The summed E-state index contributed by atoms with van der Waals surface area (Å²) in [7, 11) is 0. The van der Waals surface area contributed by atoms with Gasteiger partial charge in [0.15, 0.2) is 11.5 Å². The van der Waals surface area contributed by atoms with E-state index in [0.717, 1.165) is 16.6 Å². The highest BCUT2D eigenvalue weighted by molar-refractivity contribution is 6.04. The van der Waals surface area contributed by atoms with Crippen LogP contribution in [0.15, 0.2) is 6.07 Å². The van der Waals surface area contributed by atoms with Crippen molar-refractivity contribution in [2.45, 2.75) is 27.7 Å². The molecular formula is C15H18N4O3. The van der Waals surface area contributed by atoms with Crippen molar-refractivity contribution in [3.8, 4) is 0 Å². The van der Waals surface area contributed by atoms with Crippen LogP contribution < -0.4 is 5.32 Å². The van der Waals surface area contributed by atoms with E-state index in [-0.39, 0.29) is 5.91 Å². The Morgan fingerprint density at radius 2 is 2.00 bits per heavy atom. The monoisotopic (exact) mass is 302 g/mol. The molecule has 1 aliphatic rings. The van der Waals surface area contributed by atoms with Gasteiger partial charge in [-0.3, -0.25) is 14.7 Å². The van der Waals surface area contributed by atoms with Gasteiger partial charge in [0.2, 0.25) is 5.91 Å². The van der Waals surface area contributed by atoms with Crippen LogP contribution in [0, 0.1) is 31.1 Å². The Labute approximate surface area is 127 Å². The number of pyridine rings is 1. The third-order valence-corrected chi connectivity index (χ3v) is 4.47. The number of aromatic nitrogens is 3. The summed E-state index contributed by atoms with van der Waals surface area (Å²) >= 11 is 0. The fourth-order valence-electron chi connectivity index (χ4n) is 3.25. The van der Waals surface area contributed by atoms with E-state index in [1.807, 2.05) is 19.9 Å². The standard InChI is InChI=1S/C15H18N4O3/c1-6-5-7(2)16-11-8(6)12(19-18-11)17-13(20)9-10(14(21)22)15(9,3)4/h5,9-10H,1-4H3,(H,21,22)(H2,16,17,18,19,20)/t9-,10-/m1/s1. The fraction of sp³-hybridized carbons (Fsp3) is 0.467. The second-order valence-corrected chi connectivity index (χ2v) is 6.48. The third-order valence-electron chi connectivity index (χ3n) is 4.47. The van der Waals surface area contributed by atoms with Crippen LogP contribution in [0.2, 0.25) is 0 Å². The van der Waals surface area contributed by atoms with E-state index in [1.54, 1.807) is 13.8 Å². The number of hydrogen-bond donors (Lipinski definition) is 3. The molecule has 7 nitrogen and oxygen atoms in total. The number of aromatic amines is 1. The minimum absolute atomic E-state index is 0.314. The van der Waals surface area contributed by atoms with E-state index in [1.165, 1.54) is 0 Å². The van der Waals surface area contributed by atoms with Gasteiger partial charge in [0.25, 0.3) is 0 Å². The lowest BCUT2D eigenvalue weighted by Crippen LogP contribution is -2.18. The molecular weight excluding hydrogens is 284 g/mol. The van der Waals surface area contributed by atoms with Gasteiger partial charge in [-0.15, -0.1) is 0 Å². The summed E-state index contributed by atoms with van der Waals surface area (Å²) in [6, 6.07) is 1.91. The molecule has 0 aliphatic heterocycles. The number of nitrogens with one attached hydrogen (secondary N) is 2. The number of aryl methyl sites for hydroxylation is 2. The molecule has 0 saturated heterocycles. The number of nitrogens with zero attached hydrogens (tertiary/aromatic N) is 2. The van der Waals surface area contributed by atoms with Gasteiger partial charge in [-0.05, 0) is 30.9 Å². The molecule has 3 rings (SSSR count). The van der Waals surface area contributed by atoms with Crippen molar-refractivity contribution in [3.05, 3.63) is 17.3 Å². The SMILES string of the molecule is Cc1cc(C)c2c(NC(=O)[C@H]3[C@H](C(=O)O)C3(C)C)n[nH]c2n1. The molecule has 2 atom stereocenters. The number of fused-ring (bicyclic) bond motifs is 1. The van der Waals surface area contributed by atoms with Crippen LogP contribution in [0.3, 0.4) is 0 Å². The van der Waals surface area contributed by atoms with Gasteiger partial charge in [0.05, 0.1) is 17.2 Å². The van der Waals surface area contributed by atoms with Gasteiger partial charge >= 0.3 is 5.97 Å². The van der Waals surface area contributed by atoms with Crippen molar-refractivity contribution >= 4 is 28.7 Å². The topological polar surface area (TPSA) is 108 Å². The smallest absolute Gasteiger partial charge is 0.307 e. The molecule has 0 unspecified atom stereocenters. The first-order valence-electron chi connectivity index (χ1n) is 7.09. The number of carbonyl (C=O) groups is 2. The van der Waals surface area contributed by atoms with Crippen LogP contribution in [0.1, 0.15) is 25.1 Å². The number of aliphatic carboxylic acids is 1. The van der Waals surface area contributed by atoms with Crippen molar-refractivity contribution in [3.63, 3.8) is 0 Å². The van der Waals surface area contributed by atoms with Crippen LogP contribution in [-0.4, -0.2) is 32.2 Å². The van der Waals surface area contributed by atoms with Crippen molar-refractivity contribution in [1.82, 2.24) is 15.2 Å². The molecule has 1 amide bonds. The van der Waals surface area contributed by atoms with Crippen LogP contribution in [0.5, 0.6) is 0 Å². The molecule has 0 radical (unpaired) electrons. The van der Waals surface area contributed by atoms with E-state index in [9.17, 15) is 9.59 Å². The Kier molecular flexibility index (Phi) is 2.98. The highest BCUT2D eigenvalue weighted by atomic mass is 16.4. The Bertz CT molecular complexity index is 793. The van der Waals surface area contributed by atoms with Crippen LogP contribution >= 0.6 is 0 Å². The second-order valence-electron chi connectivity index (χ2n) is 6.48. The average molecular weight is 302 g/mol. The van der Waals surface area contributed by atoms with Crippen LogP contribution in [0.4, 0.5) is 5.82 Å². The number of carboxylic acid groups (broad SMARTS) is 1. The summed E-state index contributed by atoms with van der Waals surface area (Å²) in [5, 5.41) is 19.6. The molecule has 116 valence electrons. The predicted molar refractivity (Wildman–Crippen MR) is 80.4 cm³/mol. The van der Waals surface area contributed by atoms with Gasteiger partial charge in [0.1, 0.15) is 0 Å². The van der Waals surface area contributed by atoms with Gasteiger partial charge in [-0.25, -0.2) is 4.98 Å². The predicted octanol–water partition coefficient (Wildman–Crippen LogP) is 1.87. The van der Waals surface area contributed by atoms with Crippen molar-refractivity contribution < 1.29 is 14.7 Å². The molecule has 0 aromatic carbocycles. The summed E-state index contributed by atoms with van der Waals surface area (Å²) in [5.74, 6) is -2.05. The zero-order valence-electron chi connectivity index (χ0n) is 12.9. The van der Waals surface area contributed by atoms with Gasteiger partial charge in [0, 0.05) is 5.69 Å². The van der Waals surface area contributed by atoms with Crippen molar-refractivity contribution in [2.24, 2.45) is 17.3 Å². The van der Waals surface area contributed by atoms with Crippen LogP contribution in [0.25, 0.3) is 11.0 Å². The summed E-state index contributed by atoms with van der Waals surface area (Å²) in [6.45, 7) is 7.38. The number of anilines is 1. The first-order valence-corrected chi connectivity index (χ1v) is 7.09. The Morgan fingerprint density at radius 3 is 2.59 bits per heavy atom. The lowest BCUT2D eigenvalue weighted by molar-refractivity contribution is -0.140. The van der Waals surface area contributed by atoms with E-state index in [4.69, 9.17) is 5.11 Å². The zero-order valence-corrected chi connectivity index (χ0v) is 12.9. The first kappa shape index (κ1) is 14.5. The maximum Gasteiger partial charge on any atom is 0.307 e. The lowest BCUT2D eigenvalue weighted by atomic mass is 10.1. The molecule has 0 bridgehead atoms. The Hall–Kier alpha value is -2.44. The molecule has 2 aromatic heterocycles. The summed E-state index contributed by atoms with van der Waals surface area (Å²) in [5.41, 5.74) is 1.89. The van der Waals surface area contributed by atoms with Gasteiger partial charge in [-0.1, -0.05) is 13.8 Å². The van der Waals surface area contributed by atoms with Gasteiger partial charge < -0.3 is 10.4 Å². The molecule has 3 N–H and O–H groups in total. The van der Waals surface area contributed by atoms with Gasteiger partial charge in [-0.2, -0.15) is 5.10 Å². The number of carboxylic acids is 1. The molecule has 22 heavy (non-hydrogen) atoms. The first-order chi connectivity index (χ1) is 10.2. The molecule has 2 aromatic rings. The summed E-state index contributed by atoms with van der Waals surface area (Å²) in [6.07, 6.45) is 0. The summed E-state index contributed by atoms with van der Waals surface area (Å²) < 4.78 is 0. The average Bonchev–Trinajstić information content (AvgIpc) is 2.76. The minimum Gasteiger partial charge on any atom is -0.481 e. The van der Waals surface area contributed by atoms with E-state index in [2.05, 4.69) is 20.5 Å². The van der Waals surface area contributed by atoms with Crippen molar-refractivity contribution in [2.75, 3.05) is 5.32 Å². The van der Waals surface area contributed by atoms with E-state index < -0.39 is 23.2 Å². The van der Waals surface area contributed by atoms with E-state index in [0.29, 0.717) is 11.5 Å². The number of amides is 1. The Balaban J connectivity index is 1.89. The number of rotatable bonds is 3. The Morgan fingerprint density at radius 1 is 1.32 bits per heavy atom. The third kappa shape index (κ3) is 2.04. The quantitative estimate of drug-likeness (QED) is 0.802. The summed E-state index contributed by atoms with van der Waals surface area (Å²) in [4.78, 5) is 27.9. The van der Waals surface area contributed by atoms with E-state index >= 15 is 0 Å². The number of hydrogen-bond acceptors (Lipinski definition) is 4. The lowest BCUT2D eigenvalue weighted by Gasteiger charge is -2.05.